The number of ether oxygens (including phenoxy) is 2. The summed E-state index contributed by atoms with van der Waals surface area (Å²) in [6.45, 7) is 6.74. The third kappa shape index (κ3) is 5.82. The molecule has 1 aromatic rings. The van der Waals surface area contributed by atoms with Gasteiger partial charge in [0.1, 0.15) is 11.4 Å². The molecule has 0 bridgehead atoms. The monoisotopic (exact) mass is 362 g/mol. The van der Waals surface area contributed by atoms with Gasteiger partial charge in [-0.15, -0.1) is 0 Å². The summed E-state index contributed by atoms with van der Waals surface area (Å²) in [5, 5.41) is 3.05. The predicted octanol–water partition coefficient (Wildman–Crippen LogP) is 3.21. The van der Waals surface area contributed by atoms with Gasteiger partial charge in [-0.05, 0) is 52.2 Å². The number of nitrogens with zero attached hydrogens (tertiary/aromatic N) is 2. The average molecular weight is 362 g/mol. The smallest absolute Gasteiger partial charge is 0.410 e. The maximum atomic E-state index is 12.4. The van der Waals surface area contributed by atoms with Gasteiger partial charge in [0, 0.05) is 6.54 Å². The number of amides is 1. The summed E-state index contributed by atoms with van der Waals surface area (Å²) < 4.78 is 10.8. The molecule has 0 aromatic heterocycles. The first-order valence-electron chi connectivity index (χ1n) is 9.00. The second kappa shape index (κ2) is 8.78. The van der Waals surface area contributed by atoms with E-state index in [1.54, 1.807) is 12.0 Å². The molecule has 1 aliphatic rings. The van der Waals surface area contributed by atoms with E-state index < -0.39 is 5.60 Å². The van der Waals surface area contributed by atoms with Crippen LogP contribution in [-0.2, 0) is 4.74 Å². The zero-order chi connectivity index (χ0) is 19.2. The SMILES string of the molecule is COc1ccccc1NC(N)=NCC1CCCCN1C(=O)OC(C)(C)C. The van der Waals surface area contributed by atoms with Crippen LogP contribution in [0.15, 0.2) is 29.3 Å². The molecule has 144 valence electrons. The molecule has 1 aliphatic heterocycles. The highest BCUT2D eigenvalue weighted by Crippen LogP contribution is 2.23. The predicted molar refractivity (Wildman–Crippen MR) is 104 cm³/mol. The standard InChI is InChI=1S/C19H30N4O3/c1-19(2,3)26-18(24)23-12-8-7-9-14(23)13-21-17(20)22-15-10-5-6-11-16(15)25-4/h5-6,10-11,14H,7-9,12-13H2,1-4H3,(H3,20,21,22). The van der Waals surface area contributed by atoms with Crippen molar-refractivity contribution >= 4 is 17.7 Å². The largest absolute Gasteiger partial charge is 0.495 e. The van der Waals surface area contributed by atoms with Crippen LogP contribution in [0.5, 0.6) is 5.75 Å². The van der Waals surface area contributed by atoms with Crippen molar-refractivity contribution in [3.8, 4) is 5.75 Å². The number of anilines is 1. The Morgan fingerprint density at radius 1 is 1.35 bits per heavy atom. The fraction of sp³-hybridized carbons (Fsp3) is 0.579. The number of para-hydroxylation sites is 2. The van der Waals surface area contributed by atoms with Crippen LogP contribution in [0.3, 0.4) is 0 Å². The third-order valence-corrected chi connectivity index (χ3v) is 4.10. The molecule has 0 spiro atoms. The van der Waals surface area contributed by atoms with Crippen molar-refractivity contribution in [1.29, 1.82) is 0 Å². The van der Waals surface area contributed by atoms with Gasteiger partial charge in [-0.2, -0.15) is 0 Å². The summed E-state index contributed by atoms with van der Waals surface area (Å²) in [5.41, 5.74) is 6.26. The van der Waals surface area contributed by atoms with Crippen molar-refractivity contribution in [3.63, 3.8) is 0 Å². The Morgan fingerprint density at radius 3 is 2.77 bits per heavy atom. The molecule has 1 fully saturated rings. The molecule has 7 heteroatoms. The average Bonchev–Trinajstić information content (AvgIpc) is 2.59. The Kier molecular flexibility index (Phi) is 6.71. The lowest BCUT2D eigenvalue weighted by molar-refractivity contribution is 0.0110. The summed E-state index contributed by atoms with van der Waals surface area (Å²) in [7, 11) is 1.61. The van der Waals surface area contributed by atoms with Gasteiger partial charge in [-0.1, -0.05) is 12.1 Å². The number of benzene rings is 1. The van der Waals surface area contributed by atoms with E-state index in [9.17, 15) is 4.79 Å². The van der Waals surface area contributed by atoms with Crippen molar-refractivity contribution in [2.24, 2.45) is 10.7 Å². The zero-order valence-electron chi connectivity index (χ0n) is 16.1. The number of rotatable bonds is 4. The molecular weight excluding hydrogens is 332 g/mol. The van der Waals surface area contributed by atoms with Gasteiger partial charge < -0.3 is 25.4 Å². The lowest BCUT2D eigenvalue weighted by Crippen LogP contribution is -2.47. The van der Waals surface area contributed by atoms with Gasteiger partial charge >= 0.3 is 6.09 Å². The third-order valence-electron chi connectivity index (χ3n) is 4.10. The summed E-state index contributed by atoms with van der Waals surface area (Å²) in [6, 6.07) is 7.49. The number of guanidine groups is 1. The van der Waals surface area contributed by atoms with E-state index in [1.165, 1.54) is 0 Å². The second-order valence-corrected chi connectivity index (χ2v) is 7.37. The van der Waals surface area contributed by atoms with Gasteiger partial charge in [0.15, 0.2) is 5.96 Å². The Hall–Kier alpha value is -2.44. The van der Waals surface area contributed by atoms with Crippen LogP contribution in [0.25, 0.3) is 0 Å². The van der Waals surface area contributed by atoms with Crippen molar-refractivity contribution in [1.82, 2.24) is 4.90 Å². The molecule has 1 unspecified atom stereocenters. The van der Waals surface area contributed by atoms with Gasteiger partial charge in [0.05, 0.1) is 25.4 Å². The van der Waals surface area contributed by atoms with E-state index >= 15 is 0 Å². The zero-order valence-corrected chi connectivity index (χ0v) is 16.1. The first-order valence-corrected chi connectivity index (χ1v) is 9.00. The summed E-state index contributed by atoms with van der Waals surface area (Å²) in [4.78, 5) is 18.6. The fourth-order valence-corrected chi connectivity index (χ4v) is 2.88. The molecule has 0 radical (unpaired) electrons. The Balaban J connectivity index is 2.00. The first-order chi connectivity index (χ1) is 12.3. The topological polar surface area (TPSA) is 89.2 Å². The molecule has 1 amide bonds. The van der Waals surface area contributed by atoms with Crippen molar-refractivity contribution in [2.45, 2.75) is 51.7 Å². The van der Waals surface area contributed by atoms with Crippen LogP contribution >= 0.6 is 0 Å². The van der Waals surface area contributed by atoms with Crippen molar-refractivity contribution < 1.29 is 14.3 Å². The minimum atomic E-state index is -0.507. The maximum absolute atomic E-state index is 12.4. The maximum Gasteiger partial charge on any atom is 0.410 e. The molecule has 1 heterocycles. The number of nitrogens with two attached hydrogens (primary N) is 1. The van der Waals surface area contributed by atoms with Crippen LogP contribution in [0.4, 0.5) is 10.5 Å². The Labute approximate surface area is 155 Å². The first kappa shape index (κ1) is 19.9. The molecule has 26 heavy (non-hydrogen) atoms. The van der Waals surface area contributed by atoms with E-state index in [2.05, 4.69) is 10.3 Å². The minimum absolute atomic E-state index is 0.00313. The molecule has 1 aromatic carbocycles. The molecule has 0 aliphatic carbocycles. The van der Waals surface area contributed by atoms with Crippen LogP contribution in [0.1, 0.15) is 40.0 Å². The van der Waals surface area contributed by atoms with E-state index in [4.69, 9.17) is 15.2 Å². The minimum Gasteiger partial charge on any atom is -0.495 e. The molecule has 1 saturated heterocycles. The number of carbonyl (C=O) groups excluding carboxylic acids is 1. The number of piperidine rings is 1. The van der Waals surface area contributed by atoms with E-state index in [-0.39, 0.29) is 12.1 Å². The number of hydrogen-bond acceptors (Lipinski definition) is 4. The summed E-state index contributed by atoms with van der Waals surface area (Å²) in [6.07, 6.45) is 2.66. The van der Waals surface area contributed by atoms with E-state index in [1.807, 2.05) is 45.0 Å². The summed E-state index contributed by atoms with van der Waals surface area (Å²) in [5.74, 6) is 0.989. The fourth-order valence-electron chi connectivity index (χ4n) is 2.88. The van der Waals surface area contributed by atoms with E-state index in [0.29, 0.717) is 24.8 Å². The highest BCUT2D eigenvalue weighted by atomic mass is 16.6. The van der Waals surface area contributed by atoms with Crippen molar-refractivity contribution in [3.05, 3.63) is 24.3 Å². The molecule has 0 saturated carbocycles. The number of carbonyl (C=O) groups is 1. The highest BCUT2D eigenvalue weighted by molar-refractivity contribution is 5.93. The number of methoxy groups -OCH3 is 1. The number of nitrogens with one attached hydrogen (secondary N) is 1. The van der Waals surface area contributed by atoms with Crippen LogP contribution < -0.4 is 15.8 Å². The number of hydrogen-bond donors (Lipinski definition) is 2. The summed E-state index contributed by atoms with van der Waals surface area (Å²) >= 11 is 0. The van der Waals surface area contributed by atoms with Crippen molar-refractivity contribution in [2.75, 3.05) is 25.5 Å². The lowest BCUT2D eigenvalue weighted by atomic mass is 10.0. The molecule has 2 rings (SSSR count). The molecule has 7 nitrogen and oxygen atoms in total. The molecule has 3 N–H and O–H groups in total. The van der Waals surface area contributed by atoms with Crippen LogP contribution in [-0.4, -0.2) is 48.8 Å². The lowest BCUT2D eigenvalue weighted by Gasteiger charge is -2.36. The number of likely N-dealkylation sites (tertiary alicyclic amines) is 1. The normalized spacial score (nSPS) is 18.4. The Bertz CT molecular complexity index is 640. The van der Waals surface area contributed by atoms with Gasteiger partial charge in [-0.25, -0.2) is 4.79 Å². The molecular formula is C19H30N4O3. The van der Waals surface area contributed by atoms with Gasteiger partial charge in [0.2, 0.25) is 0 Å². The van der Waals surface area contributed by atoms with Gasteiger partial charge in [-0.3, -0.25) is 4.99 Å². The quantitative estimate of drug-likeness (QED) is 0.634. The van der Waals surface area contributed by atoms with Crippen LogP contribution in [0.2, 0.25) is 0 Å². The highest BCUT2D eigenvalue weighted by Gasteiger charge is 2.30. The number of aliphatic imine (C=N–C) groups is 1. The van der Waals surface area contributed by atoms with E-state index in [0.717, 1.165) is 24.9 Å². The molecule has 1 atom stereocenters. The second-order valence-electron chi connectivity index (χ2n) is 7.37. The van der Waals surface area contributed by atoms with Crippen LogP contribution in [0, 0.1) is 0 Å². The Morgan fingerprint density at radius 2 is 2.08 bits per heavy atom. The van der Waals surface area contributed by atoms with Gasteiger partial charge in [0.25, 0.3) is 0 Å².